The molecule has 3 nitrogen and oxygen atoms in total. The average Bonchev–Trinajstić information content (AvgIpc) is 2.43. The summed E-state index contributed by atoms with van der Waals surface area (Å²) in [4.78, 5) is 11.3. The molecule has 2 aromatic rings. The molecular weight excluding hydrogens is 226 g/mol. The lowest BCUT2D eigenvalue weighted by molar-refractivity contribution is -0.135. The number of hydrogen-bond donors (Lipinski definition) is 0. The van der Waals surface area contributed by atoms with E-state index in [2.05, 4.69) is 4.74 Å². The molecule has 88 valence electrons. The van der Waals surface area contributed by atoms with Gasteiger partial charge >= 0.3 is 5.97 Å². The van der Waals surface area contributed by atoms with E-state index in [-0.39, 0.29) is 5.57 Å². The summed E-state index contributed by atoms with van der Waals surface area (Å²) in [6.45, 7) is 0. The second-order valence-corrected chi connectivity index (χ2v) is 3.77. The SMILES string of the molecule is COC(=O)/C(C#N)=C\c1ccc2ccccc2c1. The fourth-order valence-corrected chi connectivity index (χ4v) is 1.71. The van der Waals surface area contributed by atoms with Gasteiger partial charge in [-0.15, -0.1) is 0 Å². The van der Waals surface area contributed by atoms with Crippen LogP contribution in [-0.4, -0.2) is 13.1 Å². The third-order valence-electron chi connectivity index (χ3n) is 2.61. The van der Waals surface area contributed by atoms with Gasteiger partial charge in [-0.25, -0.2) is 4.79 Å². The highest BCUT2D eigenvalue weighted by atomic mass is 16.5. The molecule has 0 heterocycles. The molecule has 0 unspecified atom stereocenters. The molecule has 0 aromatic heterocycles. The number of carbonyl (C=O) groups excluding carboxylic acids is 1. The number of hydrogen-bond acceptors (Lipinski definition) is 3. The molecule has 0 aliphatic carbocycles. The first-order valence-electron chi connectivity index (χ1n) is 5.43. The summed E-state index contributed by atoms with van der Waals surface area (Å²) in [6.07, 6.45) is 1.53. The van der Waals surface area contributed by atoms with E-state index < -0.39 is 5.97 Å². The third kappa shape index (κ3) is 2.38. The van der Waals surface area contributed by atoms with Crippen LogP contribution in [-0.2, 0) is 9.53 Å². The summed E-state index contributed by atoms with van der Waals surface area (Å²) in [5.41, 5.74) is 0.795. The van der Waals surface area contributed by atoms with Crippen molar-refractivity contribution in [2.75, 3.05) is 7.11 Å². The van der Waals surface area contributed by atoms with Gasteiger partial charge in [0.2, 0.25) is 0 Å². The highest BCUT2D eigenvalue weighted by Crippen LogP contribution is 2.17. The van der Waals surface area contributed by atoms with Crippen LogP contribution in [0.1, 0.15) is 5.56 Å². The minimum atomic E-state index is -0.620. The molecule has 0 bridgehead atoms. The van der Waals surface area contributed by atoms with Gasteiger partial charge in [0.1, 0.15) is 11.6 Å². The predicted molar refractivity (Wildman–Crippen MR) is 69.6 cm³/mol. The lowest BCUT2D eigenvalue weighted by Gasteiger charge is -2.00. The number of benzene rings is 2. The fraction of sp³-hybridized carbons (Fsp3) is 0.0667. The lowest BCUT2D eigenvalue weighted by atomic mass is 10.1. The topological polar surface area (TPSA) is 50.1 Å². The van der Waals surface area contributed by atoms with Crippen molar-refractivity contribution in [2.24, 2.45) is 0 Å². The Bertz CT molecular complexity index is 665. The van der Waals surface area contributed by atoms with Gasteiger partial charge in [0.25, 0.3) is 0 Å². The van der Waals surface area contributed by atoms with E-state index in [1.165, 1.54) is 13.2 Å². The van der Waals surface area contributed by atoms with Crippen LogP contribution in [0.15, 0.2) is 48.0 Å². The first-order chi connectivity index (χ1) is 8.74. The molecule has 0 aliphatic rings. The first-order valence-corrected chi connectivity index (χ1v) is 5.43. The summed E-state index contributed by atoms with van der Waals surface area (Å²) in [5, 5.41) is 11.1. The summed E-state index contributed by atoms with van der Waals surface area (Å²) in [6, 6.07) is 15.5. The Balaban J connectivity index is 2.46. The van der Waals surface area contributed by atoms with Gasteiger partial charge in [0, 0.05) is 0 Å². The standard InChI is InChI=1S/C15H11NO2/c1-18-15(17)14(10-16)9-11-6-7-12-4-2-3-5-13(12)8-11/h2-9H,1H3/b14-9-. The molecule has 0 saturated heterocycles. The average molecular weight is 237 g/mol. The van der Waals surface area contributed by atoms with Gasteiger partial charge in [-0.2, -0.15) is 5.26 Å². The molecule has 3 heteroatoms. The first kappa shape index (κ1) is 11.9. The van der Waals surface area contributed by atoms with Crippen LogP contribution >= 0.6 is 0 Å². The fourth-order valence-electron chi connectivity index (χ4n) is 1.71. The maximum atomic E-state index is 11.3. The van der Waals surface area contributed by atoms with Crippen LogP contribution < -0.4 is 0 Å². The normalized spacial score (nSPS) is 11.0. The molecule has 0 spiro atoms. The van der Waals surface area contributed by atoms with Crippen molar-refractivity contribution in [3.05, 3.63) is 53.6 Å². The van der Waals surface area contributed by atoms with E-state index in [1.54, 1.807) is 0 Å². The smallest absolute Gasteiger partial charge is 0.348 e. The van der Waals surface area contributed by atoms with Crippen LogP contribution in [0, 0.1) is 11.3 Å². The van der Waals surface area contributed by atoms with Gasteiger partial charge in [0.05, 0.1) is 7.11 Å². The van der Waals surface area contributed by atoms with Crippen molar-refractivity contribution < 1.29 is 9.53 Å². The van der Waals surface area contributed by atoms with Gasteiger partial charge < -0.3 is 4.74 Å². The zero-order valence-corrected chi connectivity index (χ0v) is 9.88. The number of nitrogens with zero attached hydrogens (tertiary/aromatic N) is 1. The predicted octanol–water partition coefficient (Wildman–Crippen LogP) is 2.92. The number of nitriles is 1. The highest BCUT2D eigenvalue weighted by Gasteiger charge is 2.08. The van der Waals surface area contributed by atoms with Crippen molar-refractivity contribution in [1.29, 1.82) is 5.26 Å². The van der Waals surface area contributed by atoms with Crippen LogP contribution in [0.3, 0.4) is 0 Å². The second-order valence-electron chi connectivity index (χ2n) is 3.77. The molecule has 2 aromatic carbocycles. The van der Waals surface area contributed by atoms with Gasteiger partial charge in [-0.3, -0.25) is 0 Å². The number of rotatable bonds is 2. The molecule has 0 radical (unpaired) electrons. The monoisotopic (exact) mass is 237 g/mol. The van der Waals surface area contributed by atoms with Gasteiger partial charge in [0.15, 0.2) is 0 Å². The minimum Gasteiger partial charge on any atom is -0.465 e. The summed E-state index contributed by atoms with van der Waals surface area (Å²) in [7, 11) is 1.26. The number of esters is 1. The molecule has 0 atom stereocenters. The Morgan fingerprint density at radius 1 is 1.22 bits per heavy atom. The van der Waals surface area contributed by atoms with Crippen molar-refractivity contribution in [3.8, 4) is 6.07 Å². The number of methoxy groups -OCH3 is 1. The Morgan fingerprint density at radius 3 is 2.61 bits per heavy atom. The van der Waals surface area contributed by atoms with Crippen molar-refractivity contribution >= 4 is 22.8 Å². The van der Waals surface area contributed by atoms with Crippen LogP contribution in [0.5, 0.6) is 0 Å². The Kier molecular flexibility index (Phi) is 3.40. The summed E-state index contributed by atoms with van der Waals surface area (Å²) in [5.74, 6) is -0.620. The maximum Gasteiger partial charge on any atom is 0.348 e. The molecule has 2 rings (SSSR count). The zero-order valence-electron chi connectivity index (χ0n) is 9.88. The molecule has 18 heavy (non-hydrogen) atoms. The van der Waals surface area contributed by atoms with Crippen LogP contribution in [0.25, 0.3) is 16.8 Å². The lowest BCUT2D eigenvalue weighted by Crippen LogP contribution is -2.02. The van der Waals surface area contributed by atoms with Crippen molar-refractivity contribution in [3.63, 3.8) is 0 Å². The van der Waals surface area contributed by atoms with E-state index in [0.29, 0.717) is 0 Å². The number of carbonyl (C=O) groups is 1. The Hall–Kier alpha value is -2.60. The Morgan fingerprint density at radius 2 is 1.94 bits per heavy atom. The van der Waals surface area contributed by atoms with E-state index in [9.17, 15) is 4.79 Å². The third-order valence-corrected chi connectivity index (χ3v) is 2.61. The maximum absolute atomic E-state index is 11.3. The summed E-state index contributed by atoms with van der Waals surface area (Å²) < 4.78 is 4.53. The number of ether oxygens (including phenoxy) is 1. The van der Waals surface area contributed by atoms with Crippen molar-refractivity contribution in [1.82, 2.24) is 0 Å². The molecule has 0 fully saturated rings. The van der Waals surface area contributed by atoms with E-state index in [1.807, 2.05) is 48.5 Å². The van der Waals surface area contributed by atoms with Crippen molar-refractivity contribution in [2.45, 2.75) is 0 Å². The highest BCUT2D eigenvalue weighted by molar-refractivity contribution is 5.98. The zero-order chi connectivity index (χ0) is 13.0. The van der Waals surface area contributed by atoms with Gasteiger partial charge in [-0.1, -0.05) is 36.4 Å². The van der Waals surface area contributed by atoms with Crippen LogP contribution in [0.4, 0.5) is 0 Å². The summed E-state index contributed by atoms with van der Waals surface area (Å²) >= 11 is 0. The molecular formula is C15H11NO2. The van der Waals surface area contributed by atoms with E-state index in [0.717, 1.165) is 16.3 Å². The molecule has 0 saturated carbocycles. The van der Waals surface area contributed by atoms with Gasteiger partial charge in [-0.05, 0) is 28.5 Å². The second kappa shape index (κ2) is 5.15. The quantitative estimate of drug-likeness (QED) is 0.458. The number of fused-ring (bicyclic) bond motifs is 1. The Labute approximate surface area is 105 Å². The van der Waals surface area contributed by atoms with E-state index >= 15 is 0 Å². The molecule has 0 amide bonds. The largest absolute Gasteiger partial charge is 0.465 e. The molecule has 0 aliphatic heterocycles. The van der Waals surface area contributed by atoms with Crippen LogP contribution in [0.2, 0.25) is 0 Å². The molecule has 0 N–H and O–H groups in total. The minimum absolute atomic E-state index is 0.00668. The van der Waals surface area contributed by atoms with E-state index in [4.69, 9.17) is 5.26 Å².